The zero-order valence-electron chi connectivity index (χ0n) is 18.6. The summed E-state index contributed by atoms with van der Waals surface area (Å²) < 4.78 is 46.1. The highest BCUT2D eigenvalue weighted by atomic mass is 32.1. The van der Waals surface area contributed by atoms with Crippen LogP contribution in [0, 0.1) is 5.13 Å². The predicted molar refractivity (Wildman–Crippen MR) is 132 cm³/mol. The molecule has 0 bridgehead atoms. The maximum absolute atomic E-state index is 14.6. The summed E-state index contributed by atoms with van der Waals surface area (Å²) >= 11 is 0.941. The van der Waals surface area contributed by atoms with Crippen LogP contribution < -0.4 is 5.32 Å². The highest BCUT2D eigenvalue weighted by Gasteiger charge is 2.22. The van der Waals surface area contributed by atoms with Crippen molar-refractivity contribution in [3.63, 3.8) is 0 Å². The van der Waals surface area contributed by atoms with E-state index in [2.05, 4.69) is 10.4 Å². The lowest BCUT2D eigenvalue weighted by molar-refractivity contribution is 0.476. The molecule has 1 aromatic carbocycles. The van der Waals surface area contributed by atoms with Crippen LogP contribution in [0.15, 0.2) is 54.8 Å². The van der Waals surface area contributed by atoms with Crippen molar-refractivity contribution >= 4 is 38.4 Å². The van der Waals surface area contributed by atoms with Gasteiger partial charge in [0.15, 0.2) is 5.13 Å². The van der Waals surface area contributed by atoms with Crippen LogP contribution in [-0.4, -0.2) is 31.1 Å². The van der Waals surface area contributed by atoms with Crippen molar-refractivity contribution < 1.29 is 13.2 Å². The highest BCUT2D eigenvalue weighted by Crippen LogP contribution is 2.41. The van der Waals surface area contributed by atoms with Crippen molar-refractivity contribution in [2.45, 2.75) is 13.1 Å². The number of halogens is 3. The fraction of sp³-hybridized carbons (Fsp3) is 0.160. The standard InChI is InChI=1S/C25H19F3N6S/c1-33-21-3-2-14(8-15(21)12-30-33)23-25-19(11-22(28)35-25)18(9-16(27)4-5-26)24(31-23)20-10-17-13-29-6-7-34(17)32-20/h2-5,8-12,29H,6-7,13H2,1H3/b5-4+,16-9?. The van der Waals surface area contributed by atoms with Crippen LogP contribution >= 0.6 is 11.3 Å². The van der Waals surface area contributed by atoms with E-state index in [4.69, 9.17) is 10.1 Å². The maximum Gasteiger partial charge on any atom is 0.177 e. The molecule has 35 heavy (non-hydrogen) atoms. The molecule has 10 heteroatoms. The van der Waals surface area contributed by atoms with Crippen molar-refractivity contribution in [1.29, 1.82) is 0 Å². The second-order valence-electron chi connectivity index (χ2n) is 8.30. The zero-order valence-corrected chi connectivity index (χ0v) is 19.4. The van der Waals surface area contributed by atoms with E-state index >= 15 is 0 Å². The Bertz CT molecular complexity index is 1640. The van der Waals surface area contributed by atoms with E-state index in [1.54, 1.807) is 10.9 Å². The Hall–Kier alpha value is -3.76. The Balaban J connectivity index is 1.65. The van der Waals surface area contributed by atoms with E-state index in [1.165, 1.54) is 12.1 Å². The molecule has 0 spiro atoms. The number of pyridine rings is 1. The van der Waals surface area contributed by atoms with Crippen LogP contribution in [0.1, 0.15) is 11.3 Å². The van der Waals surface area contributed by atoms with Gasteiger partial charge < -0.3 is 5.32 Å². The molecule has 0 atom stereocenters. The van der Waals surface area contributed by atoms with Gasteiger partial charge in [0.05, 0.1) is 46.4 Å². The minimum Gasteiger partial charge on any atom is -0.309 e. The first-order valence-electron chi connectivity index (χ1n) is 11.0. The van der Waals surface area contributed by atoms with E-state index in [-0.39, 0.29) is 6.33 Å². The predicted octanol–water partition coefficient (Wildman–Crippen LogP) is 5.75. The third kappa shape index (κ3) is 3.75. The fourth-order valence-electron chi connectivity index (χ4n) is 4.49. The first kappa shape index (κ1) is 21.8. The molecule has 0 unspecified atom stereocenters. The molecule has 0 aliphatic carbocycles. The normalized spacial score (nSPS) is 14.5. The Morgan fingerprint density at radius 1 is 1.20 bits per heavy atom. The van der Waals surface area contributed by atoms with E-state index in [0.29, 0.717) is 51.9 Å². The molecule has 0 radical (unpaired) electrons. The smallest absolute Gasteiger partial charge is 0.177 e. The number of hydrogen-bond donors (Lipinski definition) is 1. The molecule has 0 amide bonds. The molecule has 4 aromatic heterocycles. The summed E-state index contributed by atoms with van der Waals surface area (Å²) in [7, 11) is 1.86. The third-order valence-electron chi connectivity index (χ3n) is 6.12. The van der Waals surface area contributed by atoms with Gasteiger partial charge in [-0.3, -0.25) is 9.36 Å². The number of rotatable bonds is 4. The highest BCUT2D eigenvalue weighted by molar-refractivity contribution is 7.18. The molecule has 1 aliphatic rings. The first-order valence-corrected chi connectivity index (χ1v) is 11.8. The molecule has 0 fully saturated rings. The summed E-state index contributed by atoms with van der Waals surface area (Å²) in [6, 6.07) is 9.08. The van der Waals surface area contributed by atoms with E-state index in [1.807, 2.05) is 36.0 Å². The van der Waals surface area contributed by atoms with Gasteiger partial charge in [-0.15, -0.1) is 11.3 Å². The number of thiophene rings is 1. The number of nitrogens with zero attached hydrogens (tertiary/aromatic N) is 5. The Morgan fingerprint density at radius 2 is 2.09 bits per heavy atom. The number of hydrogen-bond acceptors (Lipinski definition) is 5. The van der Waals surface area contributed by atoms with Gasteiger partial charge in [-0.2, -0.15) is 14.6 Å². The monoisotopic (exact) mass is 492 g/mol. The topological polar surface area (TPSA) is 60.6 Å². The van der Waals surface area contributed by atoms with Crippen molar-refractivity contribution in [2.75, 3.05) is 6.54 Å². The first-order chi connectivity index (χ1) is 17.0. The molecular weight excluding hydrogens is 473 g/mol. The Kier molecular flexibility index (Phi) is 5.27. The minimum atomic E-state index is -0.807. The molecule has 6 nitrogen and oxygen atoms in total. The average Bonchev–Trinajstić information content (AvgIpc) is 3.55. The van der Waals surface area contributed by atoms with Crippen molar-refractivity contribution in [3.05, 3.63) is 71.1 Å². The molecule has 1 N–H and O–H groups in total. The number of aryl methyl sites for hydroxylation is 1. The van der Waals surface area contributed by atoms with E-state index < -0.39 is 11.0 Å². The lowest BCUT2D eigenvalue weighted by Crippen LogP contribution is -2.28. The fourth-order valence-corrected chi connectivity index (χ4v) is 5.40. The number of allylic oxidation sites excluding steroid dienone is 2. The van der Waals surface area contributed by atoms with Crippen LogP contribution in [0.3, 0.4) is 0 Å². The third-order valence-corrected chi connectivity index (χ3v) is 7.05. The van der Waals surface area contributed by atoms with E-state index in [0.717, 1.165) is 40.0 Å². The van der Waals surface area contributed by atoms with Gasteiger partial charge in [0.2, 0.25) is 0 Å². The van der Waals surface area contributed by atoms with Crippen LogP contribution in [0.4, 0.5) is 13.2 Å². The van der Waals surface area contributed by atoms with Crippen molar-refractivity contribution in [2.24, 2.45) is 7.05 Å². The van der Waals surface area contributed by atoms with Gasteiger partial charge in [-0.1, -0.05) is 6.07 Å². The molecule has 1 aliphatic heterocycles. The molecule has 0 saturated heterocycles. The quantitative estimate of drug-likeness (QED) is 0.325. The average molecular weight is 493 g/mol. The summed E-state index contributed by atoms with van der Waals surface area (Å²) in [5, 5.41) is 13.3. The summed E-state index contributed by atoms with van der Waals surface area (Å²) in [5.41, 5.74) is 4.58. The Morgan fingerprint density at radius 3 is 2.91 bits per heavy atom. The molecular formula is C25H19F3N6S. The van der Waals surface area contributed by atoms with Crippen molar-refractivity contribution in [3.8, 4) is 22.6 Å². The zero-order chi connectivity index (χ0) is 24.1. The van der Waals surface area contributed by atoms with Gasteiger partial charge in [-0.05, 0) is 30.3 Å². The minimum absolute atomic E-state index is 0.128. The number of benzene rings is 1. The molecule has 6 rings (SSSR count). The molecule has 5 heterocycles. The van der Waals surface area contributed by atoms with Crippen LogP contribution in [-0.2, 0) is 20.1 Å². The molecule has 0 saturated carbocycles. The van der Waals surface area contributed by atoms with Gasteiger partial charge in [0.25, 0.3) is 0 Å². The summed E-state index contributed by atoms with van der Waals surface area (Å²) in [5.74, 6) is -0.807. The second kappa shape index (κ2) is 8.47. The summed E-state index contributed by atoms with van der Waals surface area (Å²) in [4.78, 5) is 4.92. The van der Waals surface area contributed by atoms with Crippen molar-refractivity contribution in [1.82, 2.24) is 29.9 Å². The lowest BCUT2D eigenvalue weighted by atomic mass is 10.0. The number of aromatic nitrogens is 5. The lowest BCUT2D eigenvalue weighted by Gasteiger charge is -2.13. The summed E-state index contributed by atoms with van der Waals surface area (Å²) in [6.45, 7) is 2.13. The van der Waals surface area contributed by atoms with E-state index in [9.17, 15) is 13.2 Å². The summed E-state index contributed by atoms with van der Waals surface area (Å²) in [6.07, 6.45) is 3.78. The number of nitrogens with one attached hydrogen (secondary N) is 1. The second-order valence-corrected chi connectivity index (χ2v) is 9.30. The number of fused-ring (bicyclic) bond motifs is 3. The SMILES string of the molecule is Cn1ncc2cc(-c3nc(-c4cc5n(n4)CCNC5)c(C=C(F)/C=C/F)c4cc(F)sc34)ccc21. The van der Waals surface area contributed by atoms with Gasteiger partial charge in [0.1, 0.15) is 11.5 Å². The van der Waals surface area contributed by atoms with Gasteiger partial charge in [0, 0.05) is 48.1 Å². The van der Waals surface area contributed by atoms with Gasteiger partial charge in [-0.25, -0.2) is 13.8 Å². The van der Waals surface area contributed by atoms with Crippen LogP contribution in [0.25, 0.3) is 49.7 Å². The molecule has 5 aromatic rings. The largest absolute Gasteiger partial charge is 0.309 e. The molecule has 176 valence electrons. The Labute approximate surface area is 202 Å². The van der Waals surface area contributed by atoms with Crippen LogP contribution in [0.5, 0.6) is 0 Å². The van der Waals surface area contributed by atoms with Crippen LogP contribution in [0.2, 0.25) is 0 Å². The van der Waals surface area contributed by atoms with Gasteiger partial charge >= 0.3 is 0 Å². The maximum atomic E-state index is 14.6.